The van der Waals surface area contributed by atoms with Crippen LogP contribution in [0, 0.1) is 0 Å². The molecular weight excluding hydrogens is 462 g/mol. The SMILES string of the molecule is NC(=O)c1cnn2c1NC(c1ccc(Oc3ccccc3)cc1)CC21CCN(Cc2ccccc2)CC1. The van der Waals surface area contributed by atoms with Gasteiger partial charge in [-0.3, -0.25) is 9.69 Å². The van der Waals surface area contributed by atoms with Crippen LogP contribution >= 0.6 is 0 Å². The minimum absolute atomic E-state index is 0.0359. The summed E-state index contributed by atoms with van der Waals surface area (Å²) in [4.78, 5) is 14.7. The van der Waals surface area contributed by atoms with E-state index in [2.05, 4.69) is 57.8 Å². The third kappa shape index (κ3) is 4.70. The van der Waals surface area contributed by atoms with Gasteiger partial charge in [-0.25, -0.2) is 4.68 Å². The van der Waals surface area contributed by atoms with E-state index in [1.165, 1.54) is 5.56 Å². The van der Waals surface area contributed by atoms with Crippen molar-refractivity contribution in [3.05, 3.63) is 108 Å². The Hall–Kier alpha value is -4.10. The summed E-state index contributed by atoms with van der Waals surface area (Å²) in [6, 6.07) is 28.6. The molecule has 6 rings (SSSR count). The lowest BCUT2D eigenvalue weighted by Crippen LogP contribution is -2.50. The Morgan fingerprint density at radius 1 is 0.946 bits per heavy atom. The molecule has 1 fully saturated rings. The molecule has 188 valence electrons. The quantitative estimate of drug-likeness (QED) is 0.380. The Kier molecular flexibility index (Phi) is 6.14. The number of anilines is 1. The molecule has 0 radical (unpaired) electrons. The number of nitrogens with one attached hydrogen (secondary N) is 1. The molecule has 1 atom stereocenters. The van der Waals surface area contributed by atoms with Crippen molar-refractivity contribution in [1.82, 2.24) is 14.7 Å². The normalized spacial score (nSPS) is 18.6. The molecule has 0 saturated carbocycles. The van der Waals surface area contributed by atoms with Crippen LogP contribution in [0.3, 0.4) is 0 Å². The molecule has 1 spiro atoms. The number of nitrogens with two attached hydrogens (primary N) is 1. The van der Waals surface area contributed by atoms with Gasteiger partial charge in [-0.15, -0.1) is 0 Å². The second kappa shape index (κ2) is 9.75. The molecule has 1 saturated heterocycles. The summed E-state index contributed by atoms with van der Waals surface area (Å²) in [7, 11) is 0. The Morgan fingerprint density at radius 2 is 1.59 bits per heavy atom. The lowest BCUT2D eigenvalue weighted by atomic mass is 9.78. The van der Waals surface area contributed by atoms with E-state index in [1.807, 2.05) is 47.1 Å². The summed E-state index contributed by atoms with van der Waals surface area (Å²) in [5, 5.41) is 8.25. The Balaban J connectivity index is 1.24. The third-order valence-corrected chi connectivity index (χ3v) is 7.68. The van der Waals surface area contributed by atoms with Crippen molar-refractivity contribution in [2.75, 3.05) is 18.4 Å². The summed E-state index contributed by atoms with van der Waals surface area (Å²) in [5.41, 5.74) is 8.47. The van der Waals surface area contributed by atoms with Gasteiger partial charge < -0.3 is 15.8 Å². The zero-order chi connectivity index (χ0) is 25.2. The van der Waals surface area contributed by atoms with E-state index in [-0.39, 0.29) is 11.6 Å². The van der Waals surface area contributed by atoms with Crippen molar-refractivity contribution in [1.29, 1.82) is 0 Å². The second-order valence-electron chi connectivity index (χ2n) is 10.1. The van der Waals surface area contributed by atoms with E-state index in [0.717, 1.165) is 61.8 Å². The first-order valence-electron chi connectivity index (χ1n) is 12.8. The van der Waals surface area contributed by atoms with E-state index < -0.39 is 5.91 Å². The number of benzene rings is 3. The number of primary amides is 1. The molecule has 2 aliphatic heterocycles. The van der Waals surface area contributed by atoms with Crippen LogP contribution in [0.25, 0.3) is 0 Å². The number of carbonyl (C=O) groups is 1. The number of fused-ring (bicyclic) bond motifs is 2. The zero-order valence-electron chi connectivity index (χ0n) is 20.7. The first kappa shape index (κ1) is 23.3. The highest BCUT2D eigenvalue weighted by atomic mass is 16.5. The lowest BCUT2D eigenvalue weighted by Gasteiger charge is -2.47. The number of hydrogen-bond acceptors (Lipinski definition) is 5. The molecule has 7 nitrogen and oxygen atoms in total. The molecule has 1 aromatic heterocycles. The molecule has 3 N–H and O–H groups in total. The molecule has 0 bridgehead atoms. The highest BCUT2D eigenvalue weighted by Gasteiger charge is 2.44. The number of amides is 1. The minimum Gasteiger partial charge on any atom is -0.457 e. The van der Waals surface area contributed by atoms with Gasteiger partial charge in [-0.1, -0.05) is 60.7 Å². The molecule has 37 heavy (non-hydrogen) atoms. The van der Waals surface area contributed by atoms with E-state index >= 15 is 0 Å². The summed E-state index contributed by atoms with van der Waals surface area (Å²) < 4.78 is 8.02. The van der Waals surface area contributed by atoms with Crippen LogP contribution in [0.2, 0.25) is 0 Å². The molecule has 3 heterocycles. The number of rotatable bonds is 6. The molecule has 1 unspecified atom stereocenters. The fraction of sp³-hybridized carbons (Fsp3) is 0.267. The fourth-order valence-corrected chi connectivity index (χ4v) is 5.69. The third-order valence-electron chi connectivity index (χ3n) is 7.68. The fourth-order valence-electron chi connectivity index (χ4n) is 5.69. The zero-order valence-corrected chi connectivity index (χ0v) is 20.7. The van der Waals surface area contributed by atoms with Crippen LogP contribution in [0.15, 0.2) is 91.1 Å². The van der Waals surface area contributed by atoms with Crippen LogP contribution in [0.5, 0.6) is 11.5 Å². The van der Waals surface area contributed by atoms with Gasteiger partial charge in [-0.05, 0) is 54.7 Å². The monoisotopic (exact) mass is 493 g/mol. The van der Waals surface area contributed by atoms with Crippen molar-refractivity contribution >= 4 is 11.7 Å². The van der Waals surface area contributed by atoms with E-state index in [9.17, 15) is 4.79 Å². The smallest absolute Gasteiger partial charge is 0.254 e. The van der Waals surface area contributed by atoms with Gasteiger partial charge in [0.2, 0.25) is 0 Å². The van der Waals surface area contributed by atoms with E-state index in [4.69, 9.17) is 10.5 Å². The molecule has 2 aliphatic rings. The summed E-state index contributed by atoms with van der Waals surface area (Å²) in [5.74, 6) is 1.86. The first-order chi connectivity index (χ1) is 18.1. The van der Waals surface area contributed by atoms with Gasteiger partial charge in [-0.2, -0.15) is 5.10 Å². The molecular formula is C30H31N5O2. The summed E-state index contributed by atoms with van der Waals surface area (Å²) in [6.07, 6.45) is 4.42. The molecule has 3 aromatic carbocycles. The van der Waals surface area contributed by atoms with Gasteiger partial charge in [0.1, 0.15) is 22.9 Å². The number of likely N-dealkylation sites (tertiary alicyclic amines) is 1. The van der Waals surface area contributed by atoms with Gasteiger partial charge in [0, 0.05) is 19.6 Å². The lowest BCUT2D eigenvalue weighted by molar-refractivity contribution is 0.0772. The Morgan fingerprint density at radius 3 is 2.27 bits per heavy atom. The maximum atomic E-state index is 12.2. The maximum Gasteiger partial charge on any atom is 0.254 e. The van der Waals surface area contributed by atoms with Crippen molar-refractivity contribution < 1.29 is 9.53 Å². The van der Waals surface area contributed by atoms with Crippen molar-refractivity contribution in [2.45, 2.75) is 37.4 Å². The molecule has 4 aromatic rings. The number of carbonyl (C=O) groups excluding carboxylic acids is 1. The van der Waals surface area contributed by atoms with Crippen molar-refractivity contribution in [3.8, 4) is 11.5 Å². The van der Waals surface area contributed by atoms with Crippen molar-refractivity contribution in [2.24, 2.45) is 5.73 Å². The van der Waals surface area contributed by atoms with E-state index in [1.54, 1.807) is 6.20 Å². The first-order valence-corrected chi connectivity index (χ1v) is 12.8. The Bertz CT molecular complexity index is 1360. The number of hydrogen-bond donors (Lipinski definition) is 2. The highest BCUT2D eigenvalue weighted by molar-refractivity contribution is 5.97. The van der Waals surface area contributed by atoms with Crippen LogP contribution in [-0.2, 0) is 12.1 Å². The maximum absolute atomic E-state index is 12.2. The average Bonchev–Trinajstić information content (AvgIpc) is 3.37. The number of ether oxygens (including phenoxy) is 1. The summed E-state index contributed by atoms with van der Waals surface area (Å²) >= 11 is 0. The summed E-state index contributed by atoms with van der Waals surface area (Å²) in [6.45, 7) is 2.88. The number of aromatic nitrogens is 2. The molecule has 0 aliphatic carbocycles. The predicted molar refractivity (Wildman–Crippen MR) is 144 cm³/mol. The predicted octanol–water partition coefficient (Wildman–Crippen LogP) is 5.32. The number of nitrogens with zero attached hydrogens (tertiary/aromatic N) is 3. The average molecular weight is 494 g/mol. The topological polar surface area (TPSA) is 85.4 Å². The van der Waals surface area contributed by atoms with Gasteiger partial charge >= 0.3 is 0 Å². The number of piperidine rings is 1. The standard InChI is InChI=1S/C30H31N5O2/c31-28(36)26-20-32-35-29(26)33-27(23-11-13-25(14-12-23)37-24-9-5-2-6-10-24)19-30(35)15-17-34(18-16-30)21-22-7-3-1-4-8-22/h1-14,20,27,33H,15-19,21H2,(H2,31,36). The van der Waals surface area contributed by atoms with Crippen LogP contribution in [0.1, 0.15) is 46.8 Å². The minimum atomic E-state index is -0.460. The second-order valence-corrected chi connectivity index (χ2v) is 10.1. The van der Waals surface area contributed by atoms with Crippen LogP contribution < -0.4 is 15.8 Å². The van der Waals surface area contributed by atoms with E-state index in [0.29, 0.717) is 5.56 Å². The molecule has 1 amide bonds. The van der Waals surface area contributed by atoms with Crippen LogP contribution in [0.4, 0.5) is 5.82 Å². The number of para-hydroxylation sites is 1. The van der Waals surface area contributed by atoms with Gasteiger partial charge in [0.25, 0.3) is 5.91 Å². The highest BCUT2D eigenvalue weighted by Crippen LogP contribution is 2.46. The van der Waals surface area contributed by atoms with Crippen molar-refractivity contribution in [3.63, 3.8) is 0 Å². The van der Waals surface area contributed by atoms with Gasteiger partial charge in [0.05, 0.1) is 17.8 Å². The van der Waals surface area contributed by atoms with Gasteiger partial charge in [0.15, 0.2) is 0 Å². The Labute approximate surface area is 216 Å². The largest absolute Gasteiger partial charge is 0.457 e. The van der Waals surface area contributed by atoms with Crippen LogP contribution in [-0.4, -0.2) is 33.7 Å². The molecule has 7 heteroatoms.